The van der Waals surface area contributed by atoms with Crippen LogP contribution in [0.4, 0.5) is 0 Å². The number of unbranched alkanes of at least 4 members (excludes halogenated alkanes) is 6. The summed E-state index contributed by atoms with van der Waals surface area (Å²) in [6.07, 6.45) is 16.2. The molecule has 0 aromatic carbocycles. The summed E-state index contributed by atoms with van der Waals surface area (Å²) in [7, 11) is 1.49. The summed E-state index contributed by atoms with van der Waals surface area (Å²) in [4.78, 5) is 0. The van der Waals surface area contributed by atoms with Gasteiger partial charge in [0.2, 0.25) is 0 Å². The molecule has 97 valence electrons. The standard InChI is InChI=1S/C16H28P/c1-3-5-7-9-11-15-13-14-17-16(15)12-10-8-6-4-2/h13-14H,3-12H2,1-2H3. The van der Waals surface area contributed by atoms with E-state index in [0.29, 0.717) is 0 Å². The predicted octanol–water partition coefficient (Wildman–Crippen LogP) is 6.65. The van der Waals surface area contributed by atoms with Gasteiger partial charge >= 0.3 is 0 Å². The largest absolute Gasteiger partial charge is 0.0654 e. The maximum absolute atomic E-state index is 2.38. The van der Waals surface area contributed by atoms with E-state index in [1.807, 2.05) is 0 Å². The molecule has 1 heterocycles. The number of hydrogen-bond donors (Lipinski definition) is 0. The second kappa shape index (κ2) is 9.89. The average molecular weight is 251 g/mol. The fraction of sp³-hybridized carbons (Fsp3) is 0.750. The van der Waals surface area contributed by atoms with Crippen LogP contribution < -0.4 is 0 Å². The summed E-state index contributed by atoms with van der Waals surface area (Å²) in [6, 6.07) is 0. The normalized spacial score (nSPS) is 16.4. The van der Waals surface area contributed by atoms with E-state index in [-0.39, 0.29) is 0 Å². The van der Waals surface area contributed by atoms with Crippen molar-refractivity contribution >= 4 is 8.58 Å². The van der Waals surface area contributed by atoms with Gasteiger partial charge in [0.25, 0.3) is 0 Å². The maximum atomic E-state index is 2.38. The highest BCUT2D eigenvalue weighted by molar-refractivity contribution is 7.47. The second-order valence-electron chi connectivity index (χ2n) is 5.04. The van der Waals surface area contributed by atoms with Gasteiger partial charge in [-0.2, -0.15) is 0 Å². The molecule has 1 aliphatic rings. The highest BCUT2D eigenvalue weighted by Gasteiger charge is 2.09. The van der Waals surface area contributed by atoms with E-state index in [1.54, 1.807) is 10.9 Å². The molecule has 17 heavy (non-hydrogen) atoms. The Morgan fingerprint density at radius 1 is 0.824 bits per heavy atom. The van der Waals surface area contributed by atoms with Gasteiger partial charge in [0, 0.05) is 0 Å². The zero-order chi connectivity index (χ0) is 12.3. The van der Waals surface area contributed by atoms with Crippen LogP contribution in [0, 0.1) is 0 Å². The fourth-order valence-corrected chi connectivity index (χ4v) is 3.38. The predicted molar refractivity (Wildman–Crippen MR) is 80.6 cm³/mol. The molecule has 0 atom stereocenters. The van der Waals surface area contributed by atoms with E-state index >= 15 is 0 Å². The molecule has 0 nitrogen and oxygen atoms in total. The third-order valence-corrected chi connectivity index (χ3v) is 4.56. The molecule has 0 saturated carbocycles. The molecule has 0 N–H and O–H groups in total. The highest BCUT2D eigenvalue weighted by atomic mass is 31.1. The van der Waals surface area contributed by atoms with Crippen molar-refractivity contribution in [2.45, 2.75) is 78.1 Å². The summed E-state index contributed by atoms with van der Waals surface area (Å²) in [6.45, 7) is 4.57. The van der Waals surface area contributed by atoms with Crippen LogP contribution in [0.5, 0.6) is 0 Å². The van der Waals surface area contributed by atoms with Crippen molar-refractivity contribution in [1.82, 2.24) is 0 Å². The monoisotopic (exact) mass is 251 g/mol. The van der Waals surface area contributed by atoms with Gasteiger partial charge in [-0.1, -0.05) is 64.3 Å². The molecule has 1 radical (unpaired) electrons. The molecule has 0 fully saturated rings. The van der Waals surface area contributed by atoms with Gasteiger partial charge in [-0.15, -0.1) is 0 Å². The molecule has 0 aromatic heterocycles. The molecule has 0 spiro atoms. The van der Waals surface area contributed by atoms with Crippen molar-refractivity contribution in [2.75, 3.05) is 0 Å². The first-order chi connectivity index (χ1) is 8.38. The van der Waals surface area contributed by atoms with Crippen molar-refractivity contribution in [1.29, 1.82) is 0 Å². The Bertz CT molecular complexity index is 250. The molecular weight excluding hydrogens is 223 g/mol. The van der Waals surface area contributed by atoms with Crippen LogP contribution in [-0.4, -0.2) is 0 Å². The fourth-order valence-electron chi connectivity index (χ4n) is 2.31. The quantitative estimate of drug-likeness (QED) is 0.301. The third-order valence-electron chi connectivity index (χ3n) is 3.44. The summed E-state index contributed by atoms with van der Waals surface area (Å²) in [5, 5.41) is 1.72. The van der Waals surface area contributed by atoms with Crippen molar-refractivity contribution in [3.05, 3.63) is 22.8 Å². The van der Waals surface area contributed by atoms with E-state index < -0.39 is 0 Å². The molecule has 0 saturated heterocycles. The van der Waals surface area contributed by atoms with Gasteiger partial charge in [-0.05, 0) is 45.2 Å². The van der Waals surface area contributed by atoms with E-state index in [4.69, 9.17) is 0 Å². The molecule has 1 heteroatoms. The van der Waals surface area contributed by atoms with E-state index in [0.717, 1.165) is 0 Å². The van der Waals surface area contributed by atoms with E-state index in [9.17, 15) is 0 Å². The first kappa shape index (κ1) is 15.0. The first-order valence-corrected chi connectivity index (χ1v) is 8.44. The lowest BCUT2D eigenvalue weighted by Crippen LogP contribution is -1.85. The Morgan fingerprint density at radius 3 is 2.12 bits per heavy atom. The van der Waals surface area contributed by atoms with Crippen LogP contribution in [0.1, 0.15) is 78.1 Å². The lowest BCUT2D eigenvalue weighted by Gasteiger charge is -2.06. The van der Waals surface area contributed by atoms with Gasteiger partial charge in [0.1, 0.15) is 0 Å². The minimum atomic E-state index is 1.33. The number of hydrogen-bond acceptors (Lipinski definition) is 0. The number of allylic oxidation sites excluding steroid dienone is 3. The van der Waals surface area contributed by atoms with Gasteiger partial charge in [0.05, 0.1) is 0 Å². The van der Waals surface area contributed by atoms with E-state index in [2.05, 4.69) is 25.7 Å². The van der Waals surface area contributed by atoms with Gasteiger partial charge < -0.3 is 0 Å². The molecular formula is C16H28P. The molecule has 0 bridgehead atoms. The zero-order valence-electron chi connectivity index (χ0n) is 11.7. The lowest BCUT2D eigenvalue weighted by atomic mass is 10.0. The van der Waals surface area contributed by atoms with Gasteiger partial charge in [-0.25, -0.2) is 0 Å². The van der Waals surface area contributed by atoms with Crippen molar-refractivity contribution in [3.63, 3.8) is 0 Å². The van der Waals surface area contributed by atoms with Gasteiger partial charge in [-0.3, -0.25) is 0 Å². The smallest absolute Gasteiger partial charge is 0.0222 e. The topological polar surface area (TPSA) is 0 Å². The Morgan fingerprint density at radius 2 is 1.47 bits per heavy atom. The molecule has 0 unspecified atom stereocenters. The summed E-state index contributed by atoms with van der Waals surface area (Å²) in [5.74, 6) is 2.34. The van der Waals surface area contributed by atoms with Crippen molar-refractivity contribution in [2.24, 2.45) is 0 Å². The lowest BCUT2D eigenvalue weighted by molar-refractivity contribution is 0.658. The van der Waals surface area contributed by atoms with Crippen molar-refractivity contribution in [3.8, 4) is 0 Å². The SMILES string of the molecule is CCCCCCC1=C(CCCCCC)[P]C=C1. The van der Waals surface area contributed by atoms with Gasteiger partial charge in [0.15, 0.2) is 0 Å². The van der Waals surface area contributed by atoms with Crippen LogP contribution >= 0.6 is 8.58 Å². The first-order valence-electron chi connectivity index (χ1n) is 7.48. The summed E-state index contributed by atoms with van der Waals surface area (Å²) < 4.78 is 0. The third kappa shape index (κ3) is 6.41. The average Bonchev–Trinajstić information content (AvgIpc) is 2.78. The van der Waals surface area contributed by atoms with Crippen LogP contribution in [0.3, 0.4) is 0 Å². The molecule has 0 aromatic rings. The minimum Gasteiger partial charge on any atom is -0.0654 e. The maximum Gasteiger partial charge on any atom is -0.0222 e. The van der Waals surface area contributed by atoms with E-state index in [1.165, 1.54) is 72.8 Å². The Labute approximate surface area is 110 Å². The van der Waals surface area contributed by atoms with Crippen LogP contribution in [0.25, 0.3) is 0 Å². The summed E-state index contributed by atoms with van der Waals surface area (Å²) in [5.41, 5.74) is 1.67. The molecule has 1 rings (SSSR count). The number of rotatable bonds is 10. The minimum absolute atomic E-state index is 1.33. The van der Waals surface area contributed by atoms with Crippen LogP contribution in [0.15, 0.2) is 22.8 Å². The Kier molecular flexibility index (Phi) is 8.71. The Hall–Kier alpha value is -0.0900. The zero-order valence-corrected chi connectivity index (χ0v) is 12.6. The van der Waals surface area contributed by atoms with Crippen molar-refractivity contribution < 1.29 is 0 Å². The van der Waals surface area contributed by atoms with Crippen LogP contribution in [-0.2, 0) is 0 Å². The molecule has 0 amide bonds. The highest BCUT2D eigenvalue weighted by Crippen LogP contribution is 2.40. The second-order valence-corrected chi connectivity index (χ2v) is 6.13. The van der Waals surface area contributed by atoms with Crippen LogP contribution in [0.2, 0.25) is 0 Å². The summed E-state index contributed by atoms with van der Waals surface area (Å²) >= 11 is 0. The molecule has 0 aliphatic carbocycles. The Balaban J connectivity index is 2.20. The molecule has 1 aliphatic heterocycles.